The molecule has 0 atom stereocenters. The lowest BCUT2D eigenvalue weighted by molar-refractivity contribution is 0.0376. The van der Waals surface area contributed by atoms with Gasteiger partial charge in [-0.1, -0.05) is 19.8 Å². The summed E-state index contributed by atoms with van der Waals surface area (Å²) in [7, 11) is 0. The second-order valence-corrected chi connectivity index (χ2v) is 6.95. The van der Waals surface area contributed by atoms with Crippen LogP contribution in [0.3, 0.4) is 0 Å². The van der Waals surface area contributed by atoms with E-state index in [1.165, 1.54) is 25.7 Å². The highest BCUT2D eigenvalue weighted by Crippen LogP contribution is 2.37. The van der Waals surface area contributed by atoms with Crippen molar-refractivity contribution in [2.75, 3.05) is 52.5 Å². The Balaban J connectivity index is 0.00000264. The van der Waals surface area contributed by atoms with E-state index in [2.05, 4.69) is 29.4 Å². The average molecular weight is 438 g/mol. The Morgan fingerprint density at radius 2 is 1.87 bits per heavy atom. The average Bonchev–Trinajstić information content (AvgIpc) is 2.97. The zero-order valence-electron chi connectivity index (χ0n) is 14.9. The van der Waals surface area contributed by atoms with Gasteiger partial charge in [0.05, 0.1) is 13.2 Å². The third kappa shape index (κ3) is 8.03. The van der Waals surface area contributed by atoms with Crippen molar-refractivity contribution in [1.82, 2.24) is 15.5 Å². The van der Waals surface area contributed by atoms with Crippen LogP contribution in [-0.4, -0.2) is 63.3 Å². The molecule has 2 fully saturated rings. The first-order valence-electron chi connectivity index (χ1n) is 9.04. The van der Waals surface area contributed by atoms with E-state index in [9.17, 15) is 0 Å². The van der Waals surface area contributed by atoms with Crippen LogP contribution in [0, 0.1) is 5.41 Å². The summed E-state index contributed by atoms with van der Waals surface area (Å²) in [5.74, 6) is 0.984. The fourth-order valence-electron chi connectivity index (χ4n) is 3.33. The lowest BCUT2D eigenvalue weighted by Crippen LogP contribution is -2.41. The van der Waals surface area contributed by atoms with Crippen molar-refractivity contribution in [2.24, 2.45) is 10.4 Å². The van der Waals surface area contributed by atoms with E-state index >= 15 is 0 Å². The van der Waals surface area contributed by atoms with Crippen LogP contribution in [0.1, 0.15) is 46.0 Å². The number of morpholine rings is 1. The molecular formula is C17H35IN4O. The van der Waals surface area contributed by atoms with Gasteiger partial charge in [-0.05, 0) is 38.1 Å². The second kappa shape index (κ2) is 11.5. The monoisotopic (exact) mass is 438 g/mol. The fraction of sp³-hybridized carbons (Fsp3) is 0.941. The first-order valence-corrected chi connectivity index (χ1v) is 9.04. The van der Waals surface area contributed by atoms with Crippen LogP contribution in [0.15, 0.2) is 4.99 Å². The predicted octanol–water partition coefficient (Wildman–Crippen LogP) is 2.46. The van der Waals surface area contributed by atoms with Gasteiger partial charge >= 0.3 is 0 Å². The van der Waals surface area contributed by atoms with Crippen molar-refractivity contribution in [3.8, 4) is 0 Å². The quantitative estimate of drug-likeness (QED) is 0.278. The Morgan fingerprint density at radius 1 is 1.17 bits per heavy atom. The number of rotatable bonds is 7. The van der Waals surface area contributed by atoms with Crippen molar-refractivity contribution in [3.05, 3.63) is 0 Å². The Kier molecular flexibility index (Phi) is 10.5. The summed E-state index contributed by atoms with van der Waals surface area (Å²) in [6.45, 7) is 12.4. The maximum atomic E-state index is 5.38. The number of ether oxygens (including phenoxy) is 1. The molecule has 0 bridgehead atoms. The topological polar surface area (TPSA) is 48.9 Å². The number of nitrogens with zero attached hydrogens (tertiary/aromatic N) is 2. The molecule has 2 aliphatic rings. The summed E-state index contributed by atoms with van der Waals surface area (Å²) >= 11 is 0. The standard InChI is InChI=1S/C17H34N4O.HI/c1-3-18-16(20-15-17(2)7-4-5-8-17)19-9-6-10-21-11-13-22-14-12-21;/h3-15H2,1-2H3,(H2,18,19,20);1H. The molecular weight excluding hydrogens is 403 g/mol. The molecule has 2 rings (SSSR count). The van der Waals surface area contributed by atoms with Gasteiger partial charge in [0.15, 0.2) is 5.96 Å². The predicted molar refractivity (Wildman–Crippen MR) is 108 cm³/mol. The molecule has 6 heteroatoms. The van der Waals surface area contributed by atoms with Crippen LogP contribution in [0.4, 0.5) is 0 Å². The Bertz CT molecular complexity index is 339. The van der Waals surface area contributed by atoms with Gasteiger partial charge in [0.2, 0.25) is 0 Å². The van der Waals surface area contributed by atoms with E-state index in [1.54, 1.807) is 0 Å². The molecule has 1 aliphatic carbocycles. The molecule has 1 aliphatic heterocycles. The molecule has 0 spiro atoms. The second-order valence-electron chi connectivity index (χ2n) is 6.95. The lowest BCUT2D eigenvalue weighted by Gasteiger charge is -2.26. The lowest BCUT2D eigenvalue weighted by atomic mass is 9.89. The van der Waals surface area contributed by atoms with Gasteiger partial charge in [-0.3, -0.25) is 9.89 Å². The number of hydrogen-bond donors (Lipinski definition) is 2. The first-order chi connectivity index (χ1) is 10.7. The maximum Gasteiger partial charge on any atom is 0.191 e. The van der Waals surface area contributed by atoms with E-state index in [1.807, 2.05) is 0 Å². The van der Waals surface area contributed by atoms with Crippen LogP contribution in [0.5, 0.6) is 0 Å². The largest absolute Gasteiger partial charge is 0.379 e. The molecule has 136 valence electrons. The van der Waals surface area contributed by atoms with Crippen molar-refractivity contribution >= 4 is 29.9 Å². The summed E-state index contributed by atoms with van der Waals surface area (Å²) in [5.41, 5.74) is 0.427. The van der Waals surface area contributed by atoms with E-state index in [4.69, 9.17) is 9.73 Å². The number of hydrogen-bond acceptors (Lipinski definition) is 3. The van der Waals surface area contributed by atoms with E-state index in [-0.39, 0.29) is 24.0 Å². The highest BCUT2D eigenvalue weighted by Gasteiger charge is 2.28. The zero-order chi connectivity index (χ0) is 15.7. The molecule has 0 aromatic carbocycles. The Hall–Kier alpha value is -0.0800. The summed E-state index contributed by atoms with van der Waals surface area (Å²) in [6.07, 6.45) is 6.55. The number of aliphatic imine (C=N–C) groups is 1. The van der Waals surface area contributed by atoms with Gasteiger partial charge in [-0.15, -0.1) is 24.0 Å². The molecule has 2 N–H and O–H groups in total. The number of nitrogens with one attached hydrogen (secondary N) is 2. The van der Waals surface area contributed by atoms with Crippen molar-refractivity contribution in [3.63, 3.8) is 0 Å². The van der Waals surface area contributed by atoms with Gasteiger partial charge in [-0.2, -0.15) is 0 Å². The van der Waals surface area contributed by atoms with E-state index < -0.39 is 0 Å². The highest BCUT2D eigenvalue weighted by atomic mass is 127. The van der Waals surface area contributed by atoms with Crippen LogP contribution in [0.25, 0.3) is 0 Å². The van der Waals surface area contributed by atoms with Gasteiger partial charge < -0.3 is 15.4 Å². The normalized spacial score (nSPS) is 21.7. The van der Waals surface area contributed by atoms with E-state index in [0.29, 0.717) is 5.41 Å². The minimum atomic E-state index is 0. The fourth-order valence-corrected chi connectivity index (χ4v) is 3.33. The van der Waals surface area contributed by atoms with Crippen LogP contribution >= 0.6 is 24.0 Å². The minimum absolute atomic E-state index is 0. The van der Waals surface area contributed by atoms with Crippen LogP contribution in [-0.2, 0) is 4.74 Å². The first kappa shape index (κ1) is 21.0. The summed E-state index contributed by atoms with van der Waals surface area (Å²) in [6, 6.07) is 0. The molecule has 0 amide bonds. The third-order valence-electron chi connectivity index (χ3n) is 4.82. The van der Waals surface area contributed by atoms with Crippen molar-refractivity contribution in [2.45, 2.75) is 46.0 Å². The maximum absolute atomic E-state index is 5.38. The van der Waals surface area contributed by atoms with Gasteiger partial charge in [-0.25, -0.2) is 0 Å². The molecule has 1 saturated carbocycles. The van der Waals surface area contributed by atoms with E-state index in [0.717, 1.165) is 64.9 Å². The molecule has 1 heterocycles. The third-order valence-corrected chi connectivity index (χ3v) is 4.82. The molecule has 0 radical (unpaired) electrons. The van der Waals surface area contributed by atoms with Gasteiger partial charge in [0, 0.05) is 32.7 Å². The molecule has 0 aromatic heterocycles. The zero-order valence-corrected chi connectivity index (χ0v) is 17.2. The Labute approximate surface area is 159 Å². The number of halogens is 1. The highest BCUT2D eigenvalue weighted by molar-refractivity contribution is 14.0. The Morgan fingerprint density at radius 3 is 2.52 bits per heavy atom. The molecule has 5 nitrogen and oxygen atoms in total. The minimum Gasteiger partial charge on any atom is -0.379 e. The van der Waals surface area contributed by atoms with Crippen molar-refractivity contribution < 1.29 is 4.74 Å². The summed E-state index contributed by atoms with van der Waals surface area (Å²) in [5, 5.41) is 6.85. The van der Waals surface area contributed by atoms with Crippen LogP contribution < -0.4 is 10.6 Å². The molecule has 1 saturated heterocycles. The number of guanidine groups is 1. The SMILES string of the molecule is CCNC(=NCC1(C)CCCC1)NCCCN1CCOCC1.I. The van der Waals surface area contributed by atoms with Gasteiger partial charge in [0.1, 0.15) is 0 Å². The summed E-state index contributed by atoms with van der Waals surface area (Å²) < 4.78 is 5.38. The van der Waals surface area contributed by atoms with Gasteiger partial charge in [0.25, 0.3) is 0 Å². The van der Waals surface area contributed by atoms with Crippen molar-refractivity contribution in [1.29, 1.82) is 0 Å². The smallest absolute Gasteiger partial charge is 0.191 e. The molecule has 0 aromatic rings. The summed E-state index contributed by atoms with van der Waals surface area (Å²) in [4.78, 5) is 7.29. The molecule has 0 unspecified atom stereocenters. The molecule has 23 heavy (non-hydrogen) atoms. The van der Waals surface area contributed by atoms with Crippen LogP contribution in [0.2, 0.25) is 0 Å².